The Hall–Kier alpha value is -0.930. The van der Waals surface area contributed by atoms with Crippen LogP contribution in [0.25, 0.3) is 0 Å². The Balaban J connectivity index is 1.55. The van der Waals surface area contributed by atoms with E-state index in [0.717, 1.165) is 18.0 Å². The van der Waals surface area contributed by atoms with Crippen LogP contribution in [0.2, 0.25) is 0 Å². The fourth-order valence-corrected chi connectivity index (χ4v) is 3.88. The van der Waals surface area contributed by atoms with Crippen LogP contribution in [0.4, 0.5) is 4.39 Å². The minimum Gasteiger partial charge on any atom is -0.310 e. The summed E-state index contributed by atoms with van der Waals surface area (Å²) < 4.78 is 13.2. The van der Waals surface area contributed by atoms with Crippen LogP contribution in [0.1, 0.15) is 38.2 Å². The summed E-state index contributed by atoms with van der Waals surface area (Å²) in [5.74, 6) is -0.131. The topological polar surface area (TPSA) is 15.3 Å². The van der Waals surface area contributed by atoms with Gasteiger partial charge in [-0.1, -0.05) is 18.6 Å². The van der Waals surface area contributed by atoms with Crippen LogP contribution in [-0.2, 0) is 6.42 Å². The molecule has 0 amide bonds. The van der Waals surface area contributed by atoms with E-state index in [1.165, 1.54) is 44.8 Å². The lowest BCUT2D eigenvalue weighted by Crippen LogP contribution is -2.48. The molecule has 2 heterocycles. The standard InChI is InChI=1S/C17H25FN2/c1-13(11-14-5-4-6-15(18)12-14)19-16-8-10-20-9-3-2-7-17(16)20/h4-6,12-13,16-17,19H,2-3,7-11H2,1H3. The van der Waals surface area contributed by atoms with E-state index in [2.05, 4.69) is 17.1 Å². The summed E-state index contributed by atoms with van der Waals surface area (Å²) in [4.78, 5) is 2.65. The van der Waals surface area contributed by atoms with Crippen LogP contribution in [-0.4, -0.2) is 36.1 Å². The van der Waals surface area contributed by atoms with Crippen molar-refractivity contribution in [3.05, 3.63) is 35.6 Å². The zero-order valence-electron chi connectivity index (χ0n) is 12.3. The number of piperidine rings is 1. The van der Waals surface area contributed by atoms with Crippen molar-refractivity contribution in [1.82, 2.24) is 10.2 Å². The van der Waals surface area contributed by atoms with Crippen molar-refractivity contribution in [2.75, 3.05) is 13.1 Å². The monoisotopic (exact) mass is 276 g/mol. The third-order valence-electron chi connectivity index (χ3n) is 4.79. The van der Waals surface area contributed by atoms with E-state index in [1.807, 2.05) is 6.07 Å². The first kappa shape index (κ1) is 14.0. The van der Waals surface area contributed by atoms with Gasteiger partial charge in [-0.15, -0.1) is 0 Å². The molecule has 2 fully saturated rings. The first-order chi connectivity index (χ1) is 9.72. The number of halogens is 1. The van der Waals surface area contributed by atoms with Gasteiger partial charge in [0, 0.05) is 24.7 Å². The van der Waals surface area contributed by atoms with Gasteiger partial charge < -0.3 is 5.32 Å². The molecule has 2 saturated heterocycles. The molecule has 0 bridgehead atoms. The molecule has 20 heavy (non-hydrogen) atoms. The number of nitrogens with one attached hydrogen (secondary N) is 1. The van der Waals surface area contributed by atoms with Gasteiger partial charge in [0.15, 0.2) is 0 Å². The normalized spacial score (nSPS) is 28.3. The van der Waals surface area contributed by atoms with Crippen LogP contribution >= 0.6 is 0 Å². The Labute approximate surface area is 121 Å². The summed E-state index contributed by atoms with van der Waals surface area (Å²) in [5, 5.41) is 3.78. The molecule has 2 aliphatic rings. The highest BCUT2D eigenvalue weighted by atomic mass is 19.1. The summed E-state index contributed by atoms with van der Waals surface area (Å²) in [5.41, 5.74) is 1.09. The van der Waals surface area contributed by atoms with Gasteiger partial charge in [-0.2, -0.15) is 0 Å². The highest BCUT2D eigenvalue weighted by Crippen LogP contribution is 2.27. The summed E-state index contributed by atoms with van der Waals surface area (Å²) in [6.45, 7) is 4.74. The van der Waals surface area contributed by atoms with Crippen molar-refractivity contribution in [3.63, 3.8) is 0 Å². The molecule has 0 aliphatic carbocycles. The zero-order chi connectivity index (χ0) is 13.9. The molecule has 110 valence electrons. The number of hydrogen-bond acceptors (Lipinski definition) is 2. The van der Waals surface area contributed by atoms with Gasteiger partial charge in [0.25, 0.3) is 0 Å². The Morgan fingerprint density at radius 3 is 3.05 bits per heavy atom. The molecule has 3 unspecified atom stereocenters. The molecular weight excluding hydrogens is 251 g/mol. The van der Waals surface area contributed by atoms with Crippen LogP contribution in [0.3, 0.4) is 0 Å². The van der Waals surface area contributed by atoms with Crippen molar-refractivity contribution < 1.29 is 4.39 Å². The third kappa shape index (κ3) is 3.21. The molecule has 1 aromatic carbocycles. The Kier molecular flexibility index (Phi) is 4.37. The predicted octanol–water partition coefficient (Wildman–Crippen LogP) is 2.97. The van der Waals surface area contributed by atoms with E-state index in [9.17, 15) is 4.39 Å². The average molecular weight is 276 g/mol. The van der Waals surface area contributed by atoms with E-state index in [-0.39, 0.29) is 5.82 Å². The minimum atomic E-state index is -0.131. The SMILES string of the molecule is CC(Cc1cccc(F)c1)NC1CCN2CCCCC12. The number of fused-ring (bicyclic) bond motifs is 1. The van der Waals surface area contributed by atoms with E-state index >= 15 is 0 Å². The van der Waals surface area contributed by atoms with Gasteiger partial charge in [-0.25, -0.2) is 4.39 Å². The summed E-state index contributed by atoms with van der Waals surface area (Å²) in [7, 11) is 0. The van der Waals surface area contributed by atoms with Gasteiger partial charge in [-0.3, -0.25) is 4.90 Å². The van der Waals surface area contributed by atoms with E-state index in [0.29, 0.717) is 12.1 Å². The molecule has 2 aliphatic heterocycles. The molecule has 0 saturated carbocycles. The lowest BCUT2D eigenvalue weighted by Gasteiger charge is -2.33. The smallest absolute Gasteiger partial charge is 0.123 e. The molecule has 0 radical (unpaired) electrons. The maximum atomic E-state index is 13.2. The summed E-state index contributed by atoms with van der Waals surface area (Å²) in [6.07, 6.45) is 6.24. The van der Waals surface area contributed by atoms with Gasteiger partial charge in [0.1, 0.15) is 5.82 Å². The Bertz CT molecular complexity index is 448. The molecule has 1 N–H and O–H groups in total. The first-order valence-corrected chi connectivity index (χ1v) is 7.97. The van der Waals surface area contributed by atoms with Crippen LogP contribution < -0.4 is 5.32 Å². The van der Waals surface area contributed by atoms with E-state index in [1.54, 1.807) is 12.1 Å². The lowest BCUT2D eigenvalue weighted by molar-refractivity contribution is 0.177. The molecule has 3 atom stereocenters. The highest BCUT2D eigenvalue weighted by molar-refractivity contribution is 5.17. The zero-order valence-corrected chi connectivity index (χ0v) is 12.3. The van der Waals surface area contributed by atoms with Crippen LogP contribution in [0.15, 0.2) is 24.3 Å². The fraction of sp³-hybridized carbons (Fsp3) is 0.647. The second-order valence-corrected chi connectivity index (χ2v) is 6.40. The molecule has 0 spiro atoms. The molecule has 1 aromatic rings. The Morgan fingerprint density at radius 2 is 2.20 bits per heavy atom. The maximum absolute atomic E-state index is 13.2. The maximum Gasteiger partial charge on any atom is 0.123 e. The first-order valence-electron chi connectivity index (χ1n) is 7.97. The summed E-state index contributed by atoms with van der Waals surface area (Å²) >= 11 is 0. The molecule has 3 heteroatoms. The third-order valence-corrected chi connectivity index (χ3v) is 4.79. The van der Waals surface area contributed by atoms with Crippen LogP contribution in [0.5, 0.6) is 0 Å². The van der Waals surface area contributed by atoms with Gasteiger partial charge in [0.2, 0.25) is 0 Å². The largest absolute Gasteiger partial charge is 0.310 e. The number of nitrogens with zero attached hydrogens (tertiary/aromatic N) is 1. The van der Waals surface area contributed by atoms with E-state index in [4.69, 9.17) is 0 Å². The second-order valence-electron chi connectivity index (χ2n) is 6.40. The quantitative estimate of drug-likeness (QED) is 0.909. The van der Waals surface area contributed by atoms with Crippen LogP contribution in [0, 0.1) is 5.82 Å². The molecule has 2 nitrogen and oxygen atoms in total. The van der Waals surface area contributed by atoms with Crippen molar-refractivity contribution in [2.24, 2.45) is 0 Å². The number of hydrogen-bond donors (Lipinski definition) is 1. The van der Waals surface area contributed by atoms with Gasteiger partial charge in [0.05, 0.1) is 0 Å². The Morgan fingerprint density at radius 1 is 1.30 bits per heavy atom. The lowest BCUT2D eigenvalue weighted by atomic mass is 9.97. The van der Waals surface area contributed by atoms with E-state index < -0.39 is 0 Å². The number of rotatable bonds is 4. The van der Waals surface area contributed by atoms with Crippen molar-refractivity contribution in [3.8, 4) is 0 Å². The highest BCUT2D eigenvalue weighted by Gasteiger charge is 2.35. The fourth-order valence-electron chi connectivity index (χ4n) is 3.88. The van der Waals surface area contributed by atoms with Gasteiger partial charge >= 0.3 is 0 Å². The minimum absolute atomic E-state index is 0.131. The average Bonchev–Trinajstić information content (AvgIpc) is 2.82. The van der Waals surface area contributed by atoms with Gasteiger partial charge in [-0.05, 0) is 56.8 Å². The summed E-state index contributed by atoms with van der Waals surface area (Å²) in [6, 6.07) is 8.75. The second kappa shape index (κ2) is 6.23. The van der Waals surface area contributed by atoms with Crippen molar-refractivity contribution in [1.29, 1.82) is 0 Å². The molecule has 3 rings (SSSR count). The van der Waals surface area contributed by atoms with Crippen molar-refractivity contribution >= 4 is 0 Å². The molecule has 0 aromatic heterocycles. The predicted molar refractivity (Wildman–Crippen MR) is 80.3 cm³/mol. The number of benzene rings is 1. The molecular formula is C17H25FN2. The van der Waals surface area contributed by atoms with Crippen molar-refractivity contribution in [2.45, 2.75) is 57.2 Å².